The number of nitrogens with zero attached hydrogens (tertiary/aromatic N) is 6. The smallest absolute Gasteiger partial charge is 0.315 e. The van der Waals surface area contributed by atoms with Gasteiger partial charge in [0.2, 0.25) is 0 Å². The first-order valence-corrected chi connectivity index (χ1v) is 12.3. The van der Waals surface area contributed by atoms with Crippen molar-refractivity contribution in [2.75, 3.05) is 5.73 Å². The van der Waals surface area contributed by atoms with Gasteiger partial charge in [0.15, 0.2) is 17.3 Å². The summed E-state index contributed by atoms with van der Waals surface area (Å²) < 4.78 is 3.73. The number of amides is 2. The van der Waals surface area contributed by atoms with Crippen molar-refractivity contribution >= 4 is 23.0 Å². The minimum absolute atomic E-state index is 0.0275. The van der Waals surface area contributed by atoms with Crippen molar-refractivity contribution in [3.63, 3.8) is 0 Å². The lowest BCUT2D eigenvalue weighted by atomic mass is 10.1. The van der Waals surface area contributed by atoms with Crippen LogP contribution in [0.1, 0.15) is 37.4 Å². The van der Waals surface area contributed by atoms with Crippen LogP contribution in [0.5, 0.6) is 0 Å². The summed E-state index contributed by atoms with van der Waals surface area (Å²) in [5.74, 6) is 1.74. The van der Waals surface area contributed by atoms with Gasteiger partial charge >= 0.3 is 6.03 Å². The molecule has 4 aromatic heterocycles. The number of carbonyl (C=O) groups excluding carboxylic acids is 1. The van der Waals surface area contributed by atoms with Crippen molar-refractivity contribution < 1.29 is 4.79 Å². The Bertz CT molecular complexity index is 1600. The van der Waals surface area contributed by atoms with Gasteiger partial charge < -0.3 is 16.4 Å². The fourth-order valence-corrected chi connectivity index (χ4v) is 4.87. The monoisotopic (exact) mass is 493 g/mol. The number of benzene rings is 1. The molecule has 0 aliphatic heterocycles. The van der Waals surface area contributed by atoms with E-state index in [-0.39, 0.29) is 18.1 Å². The summed E-state index contributed by atoms with van der Waals surface area (Å²) in [6.45, 7) is 3.89. The van der Waals surface area contributed by atoms with Crippen molar-refractivity contribution in [2.24, 2.45) is 0 Å². The molecule has 1 aliphatic carbocycles. The van der Waals surface area contributed by atoms with E-state index in [1.807, 2.05) is 61.0 Å². The highest BCUT2D eigenvalue weighted by molar-refractivity contribution is 5.83. The number of imidazole rings is 1. The minimum atomic E-state index is -0.151. The molecule has 4 heterocycles. The average molecular weight is 494 g/mol. The van der Waals surface area contributed by atoms with Crippen LogP contribution in [0.2, 0.25) is 0 Å². The molecule has 0 saturated heterocycles. The predicted molar refractivity (Wildman–Crippen MR) is 141 cm³/mol. The maximum absolute atomic E-state index is 12.3. The summed E-state index contributed by atoms with van der Waals surface area (Å²) in [6, 6.07) is 15.6. The molecule has 10 heteroatoms. The van der Waals surface area contributed by atoms with E-state index in [0.29, 0.717) is 23.1 Å². The second-order valence-electron chi connectivity index (χ2n) is 9.42. The molecule has 1 aromatic carbocycles. The van der Waals surface area contributed by atoms with E-state index in [9.17, 15) is 4.79 Å². The summed E-state index contributed by atoms with van der Waals surface area (Å²) in [5.41, 5.74) is 11.6. The zero-order valence-corrected chi connectivity index (χ0v) is 20.6. The first-order valence-electron chi connectivity index (χ1n) is 12.3. The number of nitrogen functional groups attached to an aromatic ring is 1. The lowest BCUT2D eigenvalue weighted by molar-refractivity contribution is 0.234. The SMILES string of the molecule is CC(C)NC(=O)NC1CCc2cc(-n3c(-c4cccnc4N)nc4ccc(-n5cccn5)nc43)ccc21. The number of urea groups is 1. The van der Waals surface area contributed by atoms with Gasteiger partial charge in [0, 0.05) is 30.3 Å². The molecule has 6 rings (SSSR count). The standard InChI is InChI=1S/C27H27N9O/c1-16(2)31-27(37)33-21-9-6-17-15-18(7-8-19(17)21)36-25(20-5-3-12-29-24(20)28)32-22-10-11-23(34-26(22)36)35-14-4-13-30-35/h3-5,7-8,10-16,21H,6,9H2,1-2H3,(H2,28,29)(H2,31,33,37). The fraction of sp³-hybridized carbons (Fsp3) is 0.222. The van der Waals surface area contributed by atoms with Gasteiger partial charge in [-0.15, -0.1) is 0 Å². The van der Waals surface area contributed by atoms with Crippen molar-refractivity contribution in [2.45, 2.75) is 38.8 Å². The molecule has 4 N–H and O–H groups in total. The van der Waals surface area contributed by atoms with Gasteiger partial charge in [0.1, 0.15) is 11.3 Å². The van der Waals surface area contributed by atoms with Crippen LogP contribution in [0, 0.1) is 0 Å². The third-order valence-electron chi connectivity index (χ3n) is 6.50. The number of carbonyl (C=O) groups is 1. The lowest BCUT2D eigenvalue weighted by Gasteiger charge is -2.17. The molecular formula is C27H27N9O. The Morgan fingerprint density at radius 1 is 1.11 bits per heavy atom. The van der Waals surface area contributed by atoms with Crippen molar-refractivity contribution in [3.05, 3.63) is 78.2 Å². The molecule has 10 nitrogen and oxygen atoms in total. The quantitative estimate of drug-likeness (QED) is 0.340. The third kappa shape index (κ3) is 4.16. The minimum Gasteiger partial charge on any atom is -0.383 e. The van der Waals surface area contributed by atoms with Crippen LogP contribution in [0.25, 0.3) is 34.1 Å². The summed E-state index contributed by atoms with van der Waals surface area (Å²) in [4.78, 5) is 26.4. The molecule has 5 aromatic rings. The van der Waals surface area contributed by atoms with Crippen LogP contribution in [-0.4, -0.2) is 41.4 Å². The molecule has 2 amide bonds. The van der Waals surface area contributed by atoms with Crippen LogP contribution < -0.4 is 16.4 Å². The highest BCUT2D eigenvalue weighted by Crippen LogP contribution is 2.35. The van der Waals surface area contributed by atoms with Gasteiger partial charge in [0.25, 0.3) is 0 Å². The predicted octanol–water partition coefficient (Wildman–Crippen LogP) is 3.95. The molecule has 0 spiro atoms. The first-order chi connectivity index (χ1) is 18.0. The van der Waals surface area contributed by atoms with Crippen molar-refractivity contribution in [1.82, 2.24) is 39.9 Å². The van der Waals surface area contributed by atoms with Gasteiger partial charge in [-0.3, -0.25) is 4.57 Å². The van der Waals surface area contributed by atoms with Crippen LogP contribution in [-0.2, 0) is 6.42 Å². The number of aryl methyl sites for hydroxylation is 1. The number of aromatic nitrogens is 6. The summed E-state index contributed by atoms with van der Waals surface area (Å²) in [6.07, 6.45) is 6.94. The summed E-state index contributed by atoms with van der Waals surface area (Å²) >= 11 is 0. The second kappa shape index (κ2) is 9.05. The third-order valence-corrected chi connectivity index (χ3v) is 6.50. The van der Waals surface area contributed by atoms with Crippen molar-refractivity contribution in [3.8, 4) is 22.9 Å². The van der Waals surface area contributed by atoms with Gasteiger partial charge in [-0.2, -0.15) is 5.10 Å². The first kappa shape index (κ1) is 22.7. The van der Waals surface area contributed by atoms with E-state index in [4.69, 9.17) is 15.7 Å². The zero-order chi connectivity index (χ0) is 25.5. The Labute approximate surface area is 213 Å². The molecule has 1 unspecified atom stereocenters. The molecule has 1 aliphatic rings. The number of nitrogens with two attached hydrogens (primary N) is 1. The Morgan fingerprint density at radius 2 is 2.00 bits per heavy atom. The Morgan fingerprint density at radius 3 is 2.78 bits per heavy atom. The Hall–Kier alpha value is -4.73. The molecule has 0 fully saturated rings. The topological polar surface area (TPSA) is 129 Å². The number of anilines is 1. The number of hydrogen-bond acceptors (Lipinski definition) is 6. The zero-order valence-electron chi connectivity index (χ0n) is 20.6. The number of pyridine rings is 2. The molecule has 0 saturated carbocycles. The molecule has 186 valence electrons. The number of fused-ring (bicyclic) bond motifs is 2. The number of hydrogen-bond donors (Lipinski definition) is 3. The summed E-state index contributed by atoms with van der Waals surface area (Å²) in [5, 5.41) is 10.3. The highest BCUT2D eigenvalue weighted by Gasteiger charge is 2.26. The average Bonchev–Trinajstić information content (AvgIpc) is 3.62. The number of nitrogens with one attached hydrogen (secondary N) is 2. The molecular weight excluding hydrogens is 466 g/mol. The molecule has 0 bridgehead atoms. The van der Waals surface area contributed by atoms with Crippen molar-refractivity contribution in [1.29, 1.82) is 0 Å². The lowest BCUT2D eigenvalue weighted by Crippen LogP contribution is -2.40. The van der Waals surface area contributed by atoms with Crippen LogP contribution >= 0.6 is 0 Å². The van der Waals surface area contributed by atoms with Gasteiger partial charge in [-0.05, 0) is 80.3 Å². The van der Waals surface area contributed by atoms with E-state index in [2.05, 4.69) is 32.8 Å². The van der Waals surface area contributed by atoms with Gasteiger partial charge in [-0.25, -0.2) is 24.4 Å². The van der Waals surface area contributed by atoms with E-state index in [0.717, 1.165) is 35.2 Å². The fourth-order valence-electron chi connectivity index (χ4n) is 4.87. The molecule has 37 heavy (non-hydrogen) atoms. The molecule has 1 atom stereocenters. The van der Waals surface area contributed by atoms with Crippen LogP contribution in [0.15, 0.2) is 67.1 Å². The normalized spacial score (nSPS) is 14.7. The van der Waals surface area contributed by atoms with Crippen LogP contribution in [0.4, 0.5) is 10.6 Å². The van der Waals surface area contributed by atoms with Gasteiger partial charge in [0.05, 0.1) is 11.6 Å². The maximum atomic E-state index is 12.3. The number of rotatable bonds is 5. The second-order valence-corrected chi connectivity index (χ2v) is 9.42. The highest BCUT2D eigenvalue weighted by atomic mass is 16.2. The Balaban J connectivity index is 1.47. The van der Waals surface area contributed by atoms with E-state index < -0.39 is 0 Å². The van der Waals surface area contributed by atoms with E-state index in [1.165, 1.54) is 5.56 Å². The molecule has 0 radical (unpaired) electrons. The largest absolute Gasteiger partial charge is 0.383 e. The van der Waals surface area contributed by atoms with Gasteiger partial charge in [-0.1, -0.05) is 6.07 Å². The van der Waals surface area contributed by atoms with E-state index in [1.54, 1.807) is 17.1 Å². The Kier molecular flexibility index (Phi) is 5.56. The van der Waals surface area contributed by atoms with Crippen LogP contribution in [0.3, 0.4) is 0 Å². The van der Waals surface area contributed by atoms with E-state index >= 15 is 0 Å². The maximum Gasteiger partial charge on any atom is 0.315 e. The summed E-state index contributed by atoms with van der Waals surface area (Å²) in [7, 11) is 0.